The number of carbonyl (C=O) groups excluding carboxylic acids is 1. The van der Waals surface area contributed by atoms with Gasteiger partial charge in [0.25, 0.3) is 5.91 Å². The zero-order valence-electron chi connectivity index (χ0n) is 15.3. The van der Waals surface area contributed by atoms with Crippen LogP contribution in [0, 0.1) is 5.92 Å². The number of nitrogens with one attached hydrogen (secondary N) is 1. The van der Waals surface area contributed by atoms with Crippen molar-refractivity contribution in [3.63, 3.8) is 0 Å². The molecule has 1 aliphatic rings. The van der Waals surface area contributed by atoms with Crippen molar-refractivity contribution >= 4 is 11.6 Å². The number of amides is 1. The highest BCUT2D eigenvalue weighted by Crippen LogP contribution is 2.29. The first-order valence-electron chi connectivity index (χ1n) is 8.98. The van der Waals surface area contributed by atoms with Crippen molar-refractivity contribution in [2.75, 3.05) is 25.6 Å². The van der Waals surface area contributed by atoms with E-state index in [0.29, 0.717) is 30.3 Å². The number of ether oxygens (including phenoxy) is 3. The van der Waals surface area contributed by atoms with Gasteiger partial charge in [-0.1, -0.05) is 12.1 Å². The van der Waals surface area contributed by atoms with Gasteiger partial charge in [-0.2, -0.15) is 0 Å². The van der Waals surface area contributed by atoms with Gasteiger partial charge in [0.2, 0.25) is 0 Å². The summed E-state index contributed by atoms with van der Waals surface area (Å²) in [6, 6.07) is 12.9. The summed E-state index contributed by atoms with van der Waals surface area (Å²) in [6.45, 7) is 3.78. The fraction of sp³-hybridized carbons (Fsp3) is 0.381. The Kier molecular flexibility index (Phi) is 6.12. The zero-order valence-corrected chi connectivity index (χ0v) is 15.3. The van der Waals surface area contributed by atoms with Gasteiger partial charge in [0.15, 0.2) is 11.5 Å². The Hall–Kier alpha value is -2.53. The predicted molar refractivity (Wildman–Crippen MR) is 101 cm³/mol. The van der Waals surface area contributed by atoms with Crippen LogP contribution in [0.3, 0.4) is 0 Å². The SMILES string of the molecule is CCOc1cc(C(=O)Nc2cccc(COCC3CC3)c2)ccc1OC. The lowest BCUT2D eigenvalue weighted by Crippen LogP contribution is -2.12. The molecular formula is C21H25NO4. The number of carbonyl (C=O) groups is 1. The minimum atomic E-state index is -0.190. The maximum atomic E-state index is 12.6. The van der Waals surface area contributed by atoms with Gasteiger partial charge in [-0.25, -0.2) is 0 Å². The molecule has 0 unspecified atom stereocenters. The van der Waals surface area contributed by atoms with E-state index in [1.165, 1.54) is 12.8 Å². The summed E-state index contributed by atoms with van der Waals surface area (Å²) >= 11 is 0. The van der Waals surface area contributed by atoms with E-state index >= 15 is 0 Å². The Morgan fingerprint density at radius 3 is 2.73 bits per heavy atom. The number of rotatable bonds is 9. The minimum absolute atomic E-state index is 0.190. The zero-order chi connectivity index (χ0) is 18.4. The van der Waals surface area contributed by atoms with Gasteiger partial charge in [-0.05, 0) is 61.6 Å². The first-order chi connectivity index (χ1) is 12.7. The Balaban J connectivity index is 1.64. The number of anilines is 1. The molecule has 0 spiro atoms. The average molecular weight is 355 g/mol. The average Bonchev–Trinajstić information content (AvgIpc) is 3.46. The molecule has 0 radical (unpaired) electrons. The van der Waals surface area contributed by atoms with E-state index < -0.39 is 0 Å². The Labute approximate surface area is 154 Å². The van der Waals surface area contributed by atoms with Crippen LogP contribution < -0.4 is 14.8 Å². The van der Waals surface area contributed by atoms with E-state index in [4.69, 9.17) is 14.2 Å². The van der Waals surface area contributed by atoms with Crippen molar-refractivity contribution < 1.29 is 19.0 Å². The molecule has 1 amide bonds. The largest absolute Gasteiger partial charge is 0.493 e. The lowest BCUT2D eigenvalue weighted by molar-refractivity contribution is 0.102. The smallest absolute Gasteiger partial charge is 0.255 e. The molecule has 5 nitrogen and oxygen atoms in total. The molecule has 0 bridgehead atoms. The molecule has 138 valence electrons. The van der Waals surface area contributed by atoms with Crippen LogP contribution in [0.5, 0.6) is 11.5 Å². The predicted octanol–water partition coefficient (Wildman–Crippen LogP) is 4.27. The normalized spacial score (nSPS) is 13.3. The fourth-order valence-corrected chi connectivity index (χ4v) is 2.66. The first-order valence-corrected chi connectivity index (χ1v) is 8.98. The van der Waals surface area contributed by atoms with Crippen LogP contribution in [0.2, 0.25) is 0 Å². The molecule has 1 fully saturated rings. The molecule has 0 saturated heterocycles. The molecule has 5 heteroatoms. The summed E-state index contributed by atoms with van der Waals surface area (Å²) in [4.78, 5) is 12.6. The second-order valence-corrected chi connectivity index (χ2v) is 6.41. The first kappa shape index (κ1) is 18.3. The van der Waals surface area contributed by atoms with Gasteiger partial charge >= 0.3 is 0 Å². The van der Waals surface area contributed by atoms with Crippen molar-refractivity contribution in [2.45, 2.75) is 26.4 Å². The van der Waals surface area contributed by atoms with Gasteiger partial charge in [0, 0.05) is 17.9 Å². The van der Waals surface area contributed by atoms with Crippen molar-refractivity contribution in [1.29, 1.82) is 0 Å². The van der Waals surface area contributed by atoms with E-state index in [9.17, 15) is 4.79 Å². The molecule has 1 aliphatic carbocycles. The van der Waals surface area contributed by atoms with Crippen LogP contribution in [0.1, 0.15) is 35.7 Å². The second-order valence-electron chi connectivity index (χ2n) is 6.41. The van der Waals surface area contributed by atoms with E-state index in [2.05, 4.69) is 5.32 Å². The topological polar surface area (TPSA) is 56.8 Å². The number of hydrogen-bond donors (Lipinski definition) is 1. The summed E-state index contributed by atoms with van der Waals surface area (Å²) in [6.07, 6.45) is 2.56. The summed E-state index contributed by atoms with van der Waals surface area (Å²) in [7, 11) is 1.58. The molecule has 3 rings (SSSR count). The number of benzene rings is 2. The molecule has 26 heavy (non-hydrogen) atoms. The monoisotopic (exact) mass is 355 g/mol. The summed E-state index contributed by atoms with van der Waals surface area (Å²) < 4.78 is 16.5. The minimum Gasteiger partial charge on any atom is -0.493 e. The third kappa shape index (κ3) is 4.99. The van der Waals surface area contributed by atoms with Gasteiger partial charge in [0.1, 0.15) is 0 Å². The molecule has 2 aromatic carbocycles. The third-order valence-electron chi connectivity index (χ3n) is 4.23. The molecule has 0 aliphatic heterocycles. The van der Waals surface area contributed by atoms with Crippen molar-refractivity contribution in [1.82, 2.24) is 0 Å². The van der Waals surface area contributed by atoms with Gasteiger partial charge in [-0.3, -0.25) is 4.79 Å². The molecule has 2 aromatic rings. The van der Waals surface area contributed by atoms with Gasteiger partial charge in [-0.15, -0.1) is 0 Å². The van der Waals surface area contributed by atoms with E-state index in [1.807, 2.05) is 31.2 Å². The van der Waals surface area contributed by atoms with Crippen molar-refractivity contribution in [3.05, 3.63) is 53.6 Å². The number of methoxy groups -OCH3 is 1. The standard InChI is InChI=1S/C21H25NO4/c1-3-26-20-12-17(9-10-19(20)24-2)21(23)22-18-6-4-5-16(11-18)14-25-13-15-7-8-15/h4-6,9-12,15H,3,7-8,13-14H2,1-2H3,(H,22,23). The summed E-state index contributed by atoms with van der Waals surface area (Å²) in [5, 5.41) is 2.93. The van der Waals surface area contributed by atoms with Crippen molar-refractivity contribution in [2.24, 2.45) is 5.92 Å². The van der Waals surface area contributed by atoms with E-state index in [1.54, 1.807) is 25.3 Å². The van der Waals surface area contributed by atoms with E-state index in [0.717, 1.165) is 23.8 Å². The number of hydrogen-bond acceptors (Lipinski definition) is 4. The van der Waals surface area contributed by atoms with Gasteiger partial charge < -0.3 is 19.5 Å². The highest BCUT2D eigenvalue weighted by atomic mass is 16.5. The fourth-order valence-electron chi connectivity index (χ4n) is 2.66. The lowest BCUT2D eigenvalue weighted by atomic mass is 10.1. The second kappa shape index (κ2) is 8.72. The Bertz CT molecular complexity index is 755. The van der Waals surface area contributed by atoms with Crippen LogP contribution in [0.4, 0.5) is 5.69 Å². The van der Waals surface area contributed by atoms with Crippen molar-refractivity contribution in [3.8, 4) is 11.5 Å². The molecule has 0 atom stereocenters. The van der Waals surface area contributed by atoms with Crippen LogP contribution >= 0.6 is 0 Å². The molecular weight excluding hydrogens is 330 g/mol. The molecule has 0 heterocycles. The summed E-state index contributed by atoms with van der Waals surface area (Å²) in [5.41, 5.74) is 2.31. The third-order valence-corrected chi connectivity index (χ3v) is 4.23. The Morgan fingerprint density at radius 1 is 1.15 bits per heavy atom. The quantitative estimate of drug-likeness (QED) is 0.730. The molecule has 0 aromatic heterocycles. The van der Waals surface area contributed by atoms with Crippen LogP contribution in [0.15, 0.2) is 42.5 Å². The molecule has 1 saturated carbocycles. The highest BCUT2D eigenvalue weighted by molar-refractivity contribution is 6.04. The van der Waals surface area contributed by atoms with Crippen LogP contribution in [0.25, 0.3) is 0 Å². The summed E-state index contributed by atoms with van der Waals surface area (Å²) in [5.74, 6) is 1.72. The Morgan fingerprint density at radius 2 is 2.00 bits per heavy atom. The maximum Gasteiger partial charge on any atom is 0.255 e. The van der Waals surface area contributed by atoms with Crippen LogP contribution in [-0.4, -0.2) is 26.2 Å². The molecule has 1 N–H and O–H groups in total. The maximum absolute atomic E-state index is 12.6. The van der Waals surface area contributed by atoms with E-state index in [-0.39, 0.29) is 5.91 Å². The van der Waals surface area contributed by atoms with Gasteiger partial charge in [0.05, 0.1) is 20.3 Å². The van der Waals surface area contributed by atoms with Crippen LogP contribution in [-0.2, 0) is 11.3 Å². The highest BCUT2D eigenvalue weighted by Gasteiger charge is 2.21. The lowest BCUT2D eigenvalue weighted by Gasteiger charge is -2.12.